The molecule has 0 N–H and O–H groups in total. The van der Waals surface area contributed by atoms with E-state index in [0.717, 1.165) is 72.2 Å². The first-order chi connectivity index (χ1) is 28.4. The zero-order valence-electron chi connectivity index (χ0n) is 34.2. The molecule has 5 nitrogen and oxygen atoms in total. The van der Waals surface area contributed by atoms with Gasteiger partial charge in [-0.3, -0.25) is 0 Å². The summed E-state index contributed by atoms with van der Waals surface area (Å²) < 4.78 is 27.3. The summed E-state index contributed by atoms with van der Waals surface area (Å²) in [4.78, 5) is 0. The summed E-state index contributed by atoms with van der Waals surface area (Å²) in [6.45, 7) is 15.8. The second-order valence-electron chi connectivity index (χ2n) is 19.0. The van der Waals surface area contributed by atoms with Crippen LogP contribution in [0.5, 0.6) is 11.5 Å². The molecule has 0 bridgehead atoms. The van der Waals surface area contributed by atoms with Crippen LogP contribution in [0.4, 0.5) is 0 Å². The van der Waals surface area contributed by atoms with Crippen LogP contribution < -0.4 is 25.5 Å². The standard InChI is InChI=1S/C53H42N2O3Si/c1-29-47-45-51-46-48(29)58-40-28-33(53(5,6)7)22-24-38(40)55(46)44-36-20-14-12-16-31(36)26-42-50(44)59(51,34-17-9-8-10-18-34)49-41(56-42)25-30-15-11-13-19-35(30)43(49)54(45)37-23-21-32(52(2,3)4)27-39(37)57-47/h8-28H,1-7H3. The van der Waals surface area contributed by atoms with Crippen molar-refractivity contribution >= 4 is 94.8 Å². The van der Waals surface area contributed by atoms with Crippen molar-refractivity contribution in [1.82, 2.24) is 9.13 Å². The van der Waals surface area contributed by atoms with E-state index >= 15 is 0 Å². The van der Waals surface area contributed by atoms with E-state index in [-0.39, 0.29) is 10.8 Å². The fourth-order valence-electron chi connectivity index (χ4n) is 10.8. The highest BCUT2D eigenvalue weighted by Crippen LogP contribution is 2.49. The van der Waals surface area contributed by atoms with Crippen LogP contribution >= 0.6 is 0 Å². The zero-order valence-corrected chi connectivity index (χ0v) is 35.2. The Labute approximate surface area is 342 Å². The topological polar surface area (TPSA) is 45.4 Å². The molecule has 3 aliphatic heterocycles. The number of aryl methyl sites for hydroxylation is 1. The van der Waals surface area contributed by atoms with Crippen molar-refractivity contribution in [2.24, 2.45) is 0 Å². The third-order valence-corrected chi connectivity index (χ3v) is 18.4. The molecule has 286 valence electrons. The summed E-state index contributed by atoms with van der Waals surface area (Å²) in [5.41, 5.74) is 13.3. The summed E-state index contributed by atoms with van der Waals surface area (Å²) in [7, 11) is -3.29. The molecule has 6 heteroatoms. The molecule has 0 unspecified atom stereocenters. The van der Waals surface area contributed by atoms with E-state index < -0.39 is 8.07 Å². The number of hydrogen-bond acceptors (Lipinski definition) is 3. The molecule has 2 aromatic heterocycles. The number of aromatic nitrogens is 2. The zero-order chi connectivity index (χ0) is 39.9. The van der Waals surface area contributed by atoms with Gasteiger partial charge in [0.15, 0.2) is 30.4 Å². The van der Waals surface area contributed by atoms with Gasteiger partial charge in [-0.1, -0.05) is 133 Å². The van der Waals surface area contributed by atoms with Gasteiger partial charge >= 0.3 is 0 Å². The summed E-state index contributed by atoms with van der Waals surface area (Å²) in [6, 6.07) is 47.2. The molecular weight excluding hydrogens is 741 g/mol. The minimum atomic E-state index is -3.29. The Morgan fingerprint density at radius 1 is 0.492 bits per heavy atom. The average molecular weight is 783 g/mol. The van der Waals surface area contributed by atoms with Gasteiger partial charge in [0.25, 0.3) is 0 Å². The molecule has 13 rings (SSSR count). The van der Waals surface area contributed by atoms with Gasteiger partial charge in [-0.15, -0.1) is 0 Å². The van der Waals surface area contributed by atoms with Crippen LogP contribution in [0.25, 0.3) is 77.3 Å². The van der Waals surface area contributed by atoms with Gasteiger partial charge in [-0.05, 0) is 81.2 Å². The highest BCUT2D eigenvalue weighted by atomic mass is 28.3. The SMILES string of the molecule is Cc1c2oc3cc(C(C)(C)C)ccc3n3c2c2c4c1oc1cc(C(C)(C)C)ccc1n4-c1c4c(cc5ccccc15)Oc1cc5ccccc5c-3c1[Si]42c1ccccc1. The summed E-state index contributed by atoms with van der Waals surface area (Å²) >= 11 is 0. The van der Waals surface area contributed by atoms with Crippen LogP contribution in [-0.2, 0) is 10.8 Å². The molecule has 10 aromatic rings. The van der Waals surface area contributed by atoms with Crippen molar-refractivity contribution in [3.63, 3.8) is 0 Å². The van der Waals surface area contributed by atoms with Gasteiger partial charge in [0, 0.05) is 31.9 Å². The molecular formula is C53H42N2O3Si. The largest absolute Gasteiger partial charge is 0.457 e. The number of ether oxygens (including phenoxy) is 1. The molecule has 0 spiro atoms. The Bertz CT molecular complexity index is 3410. The van der Waals surface area contributed by atoms with E-state index in [1.165, 1.54) is 54.0 Å². The molecule has 5 heterocycles. The third-order valence-electron chi connectivity index (χ3n) is 13.6. The quantitative estimate of drug-likeness (QED) is 0.123. The lowest BCUT2D eigenvalue weighted by atomic mass is 9.87. The van der Waals surface area contributed by atoms with E-state index in [0.29, 0.717) is 0 Å². The lowest BCUT2D eigenvalue weighted by molar-refractivity contribution is 0.488. The van der Waals surface area contributed by atoms with Crippen molar-refractivity contribution in [1.29, 1.82) is 0 Å². The fraction of sp³-hybridized carbons (Fsp3) is 0.170. The maximum absolute atomic E-state index is 7.44. The van der Waals surface area contributed by atoms with Crippen LogP contribution in [0.15, 0.2) is 136 Å². The van der Waals surface area contributed by atoms with Crippen molar-refractivity contribution in [2.75, 3.05) is 0 Å². The first-order valence-corrected chi connectivity index (χ1v) is 22.8. The smallest absolute Gasteiger partial charge is 0.198 e. The number of rotatable bonds is 1. The number of benzene rings is 8. The van der Waals surface area contributed by atoms with Gasteiger partial charge in [-0.25, -0.2) is 0 Å². The normalized spacial score (nSPS) is 14.6. The molecule has 0 saturated heterocycles. The Kier molecular flexibility index (Phi) is 6.10. The monoisotopic (exact) mass is 782 g/mol. The van der Waals surface area contributed by atoms with Gasteiger partial charge < -0.3 is 22.7 Å². The van der Waals surface area contributed by atoms with Crippen LogP contribution in [0.2, 0.25) is 0 Å². The van der Waals surface area contributed by atoms with Crippen molar-refractivity contribution in [2.45, 2.75) is 59.3 Å². The summed E-state index contributed by atoms with van der Waals surface area (Å²) in [5.74, 6) is 1.84. The first-order valence-electron chi connectivity index (χ1n) is 20.8. The molecule has 0 atom stereocenters. The second kappa shape index (κ2) is 10.8. The Morgan fingerprint density at radius 3 is 1.42 bits per heavy atom. The van der Waals surface area contributed by atoms with E-state index in [4.69, 9.17) is 13.6 Å². The van der Waals surface area contributed by atoms with Crippen LogP contribution in [0.1, 0.15) is 58.2 Å². The average Bonchev–Trinajstić information content (AvgIpc) is 3.23. The van der Waals surface area contributed by atoms with Gasteiger partial charge in [-0.2, -0.15) is 0 Å². The molecule has 0 fully saturated rings. The molecule has 0 radical (unpaired) electrons. The lowest BCUT2D eigenvalue weighted by Crippen LogP contribution is -2.80. The van der Waals surface area contributed by atoms with Crippen molar-refractivity contribution in [3.05, 3.63) is 144 Å². The summed E-state index contributed by atoms with van der Waals surface area (Å²) in [5, 5.41) is 9.83. The molecule has 0 amide bonds. The number of fused-ring (bicyclic) bond motifs is 10. The van der Waals surface area contributed by atoms with Crippen molar-refractivity contribution in [3.8, 4) is 22.9 Å². The maximum Gasteiger partial charge on any atom is 0.198 e. The van der Waals surface area contributed by atoms with Gasteiger partial charge in [0.05, 0.1) is 33.4 Å². The van der Waals surface area contributed by atoms with Crippen LogP contribution in [-0.4, -0.2) is 17.2 Å². The molecule has 8 aromatic carbocycles. The molecule has 0 aliphatic carbocycles. The minimum absolute atomic E-state index is 0.0692. The Balaban J connectivity index is 1.41. The van der Waals surface area contributed by atoms with Gasteiger partial charge in [0.1, 0.15) is 11.5 Å². The number of hydrogen-bond donors (Lipinski definition) is 0. The van der Waals surface area contributed by atoms with Crippen LogP contribution in [0.3, 0.4) is 0 Å². The van der Waals surface area contributed by atoms with Gasteiger partial charge in [0.2, 0.25) is 0 Å². The van der Waals surface area contributed by atoms with Crippen LogP contribution in [0, 0.1) is 6.92 Å². The molecule has 0 saturated carbocycles. The second-order valence-corrected chi connectivity index (χ2v) is 22.5. The van der Waals surface area contributed by atoms with E-state index in [1.54, 1.807) is 0 Å². The Morgan fingerprint density at radius 2 is 0.949 bits per heavy atom. The summed E-state index contributed by atoms with van der Waals surface area (Å²) in [6.07, 6.45) is 0. The molecule has 59 heavy (non-hydrogen) atoms. The van der Waals surface area contributed by atoms with Crippen molar-refractivity contribution < 1.29 is 13.6 Å². The minimum Gasteiger partial charge on any atom is -0.457 e. The predicted octanol–water partition coefficient (Wildman–Crippen LogP) is 11.5. The van der Waals surface area contributed by atoms with E-state index in [2.05, 4.69) is 185 Å². The first kappa shape index (κ1) is 33.5. The number of nitrogens with zero attached hydrogens (tertiary/aromatic N) is 2. The third kappa shape index (κ3) is 4.00. The predicted molar refractivity (Wildman–Crippen MR) is 245 cm³/mol. The molecule has 3 aliphatic rings. The van der Waals surface area contributed by atoms with E-state index in [9.17, 15) is 0 Å². The Hall–Kier alpha value is -6.50. The lowest BCUT2D eigenvalue weighted by Gasteiger charge is -2.48. The highest BCUT2D eigenvalue weighted by Gasteiger charge is 2.59. The maximum atomic E-state index is 7.44. The fourth-order valence-corrected chi connectivity index (χ4v) is 16.5. The van der Waals surface area contributed by atoms with E-state index in [1.807, 2.05) is 0 Å². The highest BCUT2D eigenvalue weighted by molar-refractivity contribution is 7.24.